The van der Waals surface area contributed by atoms with Crippen LogP contribution in [0.4, 0.5) is 0 Å². The van der Waals surface area contributed by atoms with Crippen molar-refractivity contribution in [3.8, 4) is 0 Å². The third kappa shape index (κ3) is 5.13. The molecule has 1 rings (SSSR count). The van der Waals surface area contributed by atoms with Crippen LogP contribution in [0.15, 0.2) is 12.7 Å². The van der Waals surface area contributed by atoms with Gasteiger partial charge in [0.1, 0.15) is 0 Å². The Balaban J connectivity index is 2.12. The fourth-order valence-electron chi connectivity index (χ4n) is 1.76. The van der Waals surface area contributed by atoms with Gasteiger partial charge in [-0.05, 0) is 31.9 Å². The third-order valence-electron chi connectivity index (χ3n) is 2.65. The first-order valence-electron chi connectivity index (χ1n) is 5.67. The van der Waals surface area contributed by atoms with E-state index in [1.165, 1.54) is 25.0 Å². The zero-order valence-electron chi connectivity index (χ0n) is 9.41. The van der Waals surface area contributed by atoms with Crippen molar-refractivity contribution in [1.82, 2.24) is 0 Å². The van der Waals surface area contributed by atoms with Crippen LogP contribution in [0.5, 0.6) is 0 Å². The van der Waals surface area contributed by atoms with Crippen LogP contribution in [0.25, 0.3) is 0 Å². The number of rotatable bonds is 5. The summed E-state index contributed by atoms with van der Waals surface area (Å²) in [5.41, 5.74) is 0. The molecular weight excluding hydrogens is 208 g/mol. The molecule has 0 aliphatic carbocycles. The zero-order valence-corrected chi connectivity index (χ0v) is 10.6. The SMILES string of the molecule is C=CC(=O)OC(C)CC[SiH]1CCCCO1. The highest BCUT2D eigenvalue weighted by atomic mass is 28.3. The molecular formula is C11H20O3Si. The first-order chi connectivity index (χ1) is 7.22. The first-order valence-corrected chi connectivity index (χ1v) is 7.77. The van der Waals surface area contributed by atoms with Crippen LogP contribution < -0.4 is 0 Å². The second-order valence-corrected chi connectivity index (χ2v) is 6.75. The summed E-state index contributed by atoms with van der Waals surface area (Å²) in [6, 6.07) is 2.40. The molecule has 2 atom stereocenters. The second kappa shape index (κ2) is 6.79. The van der Waals surface area contributed by atoms with Crippen molar-refractivity contribution >= 4 is 15.0 Å². The van der Waals surface area contributed by atoms with E-state index in [1.54, 1.807) is 0 Å². The summed E-state index contributed by atoms with van der Waals surface area (Å²) >= 11 is 0. The van der Waals surface area contributed by atoms with E-state index in [2.05, 4.69) is 6.58 Å². The minimum atomic E-state index is -0.954. The predicted molar refractivity (Wildman–Crippen MR) is 62.3 cm³/mol. The van der Waals surface area contributed by atoms with Crippen LogP contribution in [-0.4, -0.2) is 27.7 Å². The van der Waals surface area contributed by atoms with E-state index in [1.807, 2.05) is 6.92 Å². The molecule has 2 unspecified atom stereocenters. The van der Waals surface area contributed by atoms with Crippen molar-refractivity contribution in [1.29, 1.82) is 0 Å². The molecule has 1 saturated heterocycles. The summed E-state index contributed by atoms with van der Waals surface area (Å²) in [5.74, 6) is -0.325. The van der Waals surface area contributed by atoms with Crippen molar-refractivity contribution in [2.24, 2.45) is 0 Å². The van der Waals surface area contributed by atoms with Gasteiger partial charge in [-0.2, -0.15) is 0 Å². The van der Waals surface area contributed by atoms with Crippen LogP contribution in [0, 0.1) is 0 Å². The van der Waals surface area contributed by atoms with Gasteiger partial charge in [0.25, 0.3) is 0 Å². The summed E-state index contributed by atoms with van der Waals surface area (Å²) in [6.45, 7) is 6.24. The lowest BCUT2D eigenvalue weighted by molar-refractivity contribution is -0.142. The number of hydrogen-bond acceptors (Lipinski definition) is 3. The van der Waals surface area contributed by atoms with Gasteiger partial charge < -0.3 is 9.16 Å². The Morgan fingerprint density at radius 1 is 1.67 bits per heavy atom. The molecule has 0 N–H and O–H groups in total. The van der Waals surface area contributed by atoms with Crippen molar-refractivity contribution in [2.45, 2.75) is 44.4 Å². The summed E-state index contributed by atoms with van der Waals surface area (Å²) in [4.78, 5) is 10.9. The van der Waals surface area contributed by atoms with Gasteiger partial charge in [0.15, 0.2) is 9.04 Å². The van der Waals surface area contributed by atoms with E-state index in [-0.39, 0.29) is 12.1 Å². The molecule has 0 aromatic heterocycles. The van der Waals surface area contributed by atoms with Crippen LogP contribution >= 0.6 is 0 Å². The molecule has 0 aromatic carbocycles. The zero-order chi connectivity index (χ0) is 11.1. The number of ether oxygens (including phenoxy) is 1. The van der Waals surface area contributed by atoms with Crippen molar-refractivity contribution < 1.29 is 14.0 Å². The largest absolute Gasteiger partial charge is 0.460 e. The lowest BCUT2D eigenvalue weighted by Crippen LogP contribution is -2.25. The molecule has 4 heteroatoms. The number of esters is 1. The summed E-state index contributed by atoms with van der Waals surface area (Å²) in [5, 5.41) is 0. The summed E-state index contributed by atoms with van der Waals surface area (Å²) in [7, 11) is -0.954. The van der Waals surface area contributed by atoms with Crippen molar-refractivity contribution in [3.05, 3.63) is 12.7 Å². The van der Waals surface area contributed by atoms with Crippen LogP contribution in [0.2, 0.25) is 12.1 Å². The summed E-state index contributed by atoms with van der Waals surface area (Å²) < 4.78 is 10.8. The topological polar surface area (TPSA) is 35.5 Å². The highest BCUT2D eigenvalue weighted by Gasteiger charge is 2.17. The minimum Gasteiger partial charge on any atom is -0.460 e. The molecule has 0 saturated carbocycles. The molecule has 86 valence electrons. The van der Waals surface area contributed by atoms with Gasteiger partial charge in [0, 0.05) is 12.7 Å². The Bertz CT molecular complexity index is 212. The number of carbonyl (C=O) groups excluding carboxylic acids is 1. The van der Waals surface area contributed by atoms with E-state index >= 15 is 0 Å². The predicted octanol–water partition coefficient (Wildman–Crippen LogP) is 2.03. The lowest BCUT2D eigenvalue weighted by atomic mass is 10.3. The molecule has 1 aliphatic heterocycles. The molecule has 3 nitrogen and oxygen atoms in total. The fourth-order valence-corrected chi connectivity index (χ4v) is 4.47. The highest BCUT2D eigenvalue weighted by molar-refractivity contribution is 6.51. The first kappa shape index (κ1) is 12.5. The maximum atomic E-state index is 10.9. The molecule has 1 heterocycles. The van der Waals surface area contributed by atoms with E-state index in [0.29, 0.717) is 0 Å². The molecule has 0 radical (unpaired) electrons. The van der Waals surface area contributed by atoms with E-state index in [4.69, 9.17) is 9.16 Å². The van der Waals surface area contributed by atoms with Gasteiger partial charge in [0.2, 0.25) is 0 Å². The van der Waals surface area contributed by atoms with Gasteiger partial charge in [-0.3, -0.25) is 0 Å². The normalized spacial score (nSPS) is 23.1. The maximum Gasteiger partial charge on any atom is 0.330 e. The third-order valence-corrected chi connectivity index (χ3v) is 5.39. The molecule has 0 bridgehead atoms. The average Bonchev–Trinajstić information content (AvgIpc) is 2.27. The number of hydrogen-bond donors (Lipinski definition) is 0. The average molecular weight is 228 g/mol. The monoisotopic (exact) mass is 228 g/mol. The van der Waals surface area contributed by atoms with Gasteiger partial charge in [-0.15, -0.1) is 0 Å². The lowest BCUT2D eigenvalue weighted by Gasteiger charge is -2.22. The standard InChI is InChI=1S/C11H20O3Si/c1-3-11(12)14-10(2)6-9-15-8-5-4-7-13-15/h3,10,15H,1,4-9H2,2H3. The number of carbonyl (C=O) groups is 1. The summed E-state index contributed by atoms with van der Waals surface area (Å²) in [6.07, 6.45) is 4.66. The Kier molecular flexibility index (Phi) is 5.64. The molecule has 1 fully saturated rings. The van der Waals surface area contributed by atoms with Gasteiger partial charge >= 0.3 is 5.97 Å². The second-order valence-electron chi connectivity index (χ2n) is 4.02. The molecule has 15 heavy (non-hydrogen) atoms. The van der Waals surface area contributed by atoms with Crippen LogP contribution in [-0.2, 0) is 14.0 Å². The van der Waals surface area contributed by atoms with E-state index in [0.717, 1.165) is 19.1 Å². The van der Waals surface area contributed by atoms with Crippen molar-refractivity contribution in [3.63, 3.8) is 0 Å². The van der Waals surface area contributed by atoms with E-state index < -0.39 is 9.04 Å². The molecule has 0 amide bonds. The van der Waals surface area contributed by atoms with Crippen LogP contribution in [0.1, 0.15) is 26.2 Å². The van der Waals surface area contributed by atoms with Crippen molar-refractivity contribution in [2.75, 3.05) is 6.61 Å². The fraction of sp³-hybridized carbons (Fsp3) is 0.727. The van der Waals surface area contributed by atoms with Gasteiger partial charge in [-0.1, -0.05) is 13.0 Å². The maximum absolute atomic E-state index is 10.9. The Hall–Kier alpha value is -0.613. The Morgan fingerprint density at radius 2 is 2.47 bits per heavy atom. The van der Waals surface area contributed by atoms with Gasteiger partial charge in [0.05, 0.1) is 6.10 Å². The smallest absolute Gasteiger partial charge is 0.330 e. The quantitative estimate of drug-likeness (QED) is 0.410. The molecule has 1 aliphatic rings. The van der Waals surface area contributed by atoms with E-state index in [9.17, 15) is 4.79 Å². The Morgan fingerprint density at radius 3 is 3.07 bits per heavy atom. The highest BCUT2D eigenvalue weighted by Crippen LogP contribution is 2.17. The molecule has 0 aromatic rings. The molecule has 0 spiro atoms. The van der Waals surface area contributed by atoms with Crippen LogP contribution in [0.3, 0.4) is 0 Å². The Labute approximate surface area is 93.2 Å². The van der Waals surface area contributed by atoms with Gasteiger partial charge in [-0.25, -0.2) is 4.79 Å². The minimum absolute atomic E-state index is 0.00599.